The lowest BCUT2D eigenvalue weighted by Gasteiger charge is -2.20. The summed E-state index contributed by atoms with van der Waals surface area (Å²) in [7, 11) is 0. The lowest BCUT2D eigenvalue weighted by molar-refractivity contribution is -0.123. The van der Waals surface area contributed by atoms with E-state index in [0.29, 0.717) is 11.4 Å². The Morgan fingerprint density at radius 1 is 0.962 bits per heavy atom. The lowest BCUT2D eigenvalue weighted by Crippen LogP contribution is -2.33. The molecule has 1 saturated heterocycles. The number of benzene rings is 2. The highest BCUT2D eigenvalue weighted by Gasteiger charge is 2.59. The molecule has 2 fully saturated rings. The molecule has 0 aromatic heterocycles. The summed E-state index contributed by atoms with van der Waals surface area (Å²) in [4.78, 5) is 39.0. The number of anilines is 2. The van der Waals surface area contributed by atoms with Gasteiger partial charge in [-0.2, -0.15) is 0 Å². The summed E-state index contributed by atoms with van der Waals surface area (Å²) in [5.74, 6) is -0.387. The molecule has 3 amide bonds. The van der Waals surface area contributed by atoms with Gasteiger partial charge in [-0.3, -0.25) is 14.4 Å². The third-order valence-electron chi connectivity index (χ3n) is 5.92. The molecule has 1 N–H and O–H groups in total. The second kappa shape index (κ2) is 5.27. The molecule has 2 aromatic carbocycles. The number of allylic oxidation sites excluding steroid dienone is 2. The van der Waals surface area contributed by atoms with Crippen LogP contribution in [0.1, 0.15) is 13.3 Å². The highest BCUT2D eigenvalue weighted by molar-refractivity contribution is 6.26. The number of nitrogens with zero attached hydrogens (tertiary/aromatic N) is 1. The molecule has 1 aliphatic heterocycles. The predicted molar refractivity (Wildman–Crippen MR) is 98.5 cm³/mol. The molecule has 5 nitrogen and oxygen atoms in total. The first kappa shape index (κ1) is 15.3. The first-order valence-corrected chi connectivity index (χ1v) is 8.92. The van der Waals surface area contributed by atoms with Crippen LogP contribution in [0, 0.1) is 23.7 Å². The molecule has 5 rings (SSSR count). The molecule has 0 unspecified atom stereocenters. The summed E-state index contributed by atoms with van der Waals surface area (Å²) in [5.41, 5.74) is 1.29. The number of nitrogens with one attached hydrogen (secondary N) is 1. The Morgan fingerprint density at radius 3 is 2.19 bits per heavy atom. The van der Waals surface area contributed by atoms with Gasteiger partial charge >= 0.3 is 0 Å². The normalized spacial score (nSPS) is 28.9. The van der Waals surface area contributed by atoms with E-state index in [4.69, 9.17) is 0 Å². The topological polar surface area (TPSA) is 66.5 Å². The van der Waals surface area contributed by atoms with Crippen LogP contribution in [0.4, 0.5) is 11.4 Å². The van der Waals surface area contributed by atoms with Crippen molar-refractivity contribution in [2.24, 2.45) is 23.7 Å². The van der Waals surface area contributed by atoms with Crippen LogP contribution in [0.25, 0.3) is 10.8 Å². The summed E-state index contributed by atoms with van der Waals surface area (Å²) >= 11 is 0. The molecular weight excluding hydrogens is 328 g/mol. The van der Waals surface area contributed by atoms with Gasteiger partial charge in [-0.15, -0.1) is 0 Å². The van der Waals surface area contributed by atoms with Gasteiger partial charge in [-0.25, -0.2) is 4.90 Å². The van der Waals surface area contributed by atoms with Crippen LogP contribution in [0.2, 0.25) is 0 Å². The van der Waals surface area contributed by atoms with Crippen molar-refractivity contribution in [3.8, 4) is 0 Å². The van der Waals surface area contributed by atoms with Gasteiger partial charge < -0.3 is 5.32 Å². The van der Waals surface area contributed by atoms with E-state index < -0.39 is 0 Å². The van der Waals surface area contributed by atoms with Gasteiger partial charge in [-0.05, 0) is 30.4 Å². The Morgan fingerprint density at radius 2 is 1.58 bits per heavy atom. The molecule has 0 spiro atoms. The van der Waals surface area contributed by atoms with Crippen molar-refractivity contribution < 1.29 is 14.4 Å². The van der Waals surface area contributed by atoms with Crippen molar-refractivity contribution >= 4 is 39.9 Å². The smallest absolute Gasteiger partial charge is 0.238 e. The van der Waals surface area contributed by atoms with Crippen molar-refractivity contribution in [3.05, 3.63) is 48.6 Å². The first-order chi connectivity index (χ1) is 12.6. The second-order valence-corrected chi connectivity index (χ2v) is 7.37. The van der Waals surface area contributed by atoms with E-state index in [1.165, 1.54) is 11.8 Å². The standard InChI is InChI=1S/C21H18N2O3/c1-11(24)22-16-8-9-17(15-5-3-2-4-14(15)16)23-20(25)18-12-6-7-13(10-12)19(18)21(23)26/h2-9,12-13,18-19H,10H2,1H3,(H,22,24)/t12-,13+,18-,19+. The van der Waals surface area contributed by atoms with E-state index in [1.807, 2.05) is 24.3 Å². The van der Waals surface area contributed by atoms with Gasteiger partial charge in [0, 0.05) is 23.4 Å². The Labute approximate surface area is 150 Å². The molecule has 2 aromatic rings. The number of hydrogen-bond acceptors (Lipinski definition) is 3. The van der Waals surface area contributed by atoms with Gasteiger partial charge in [-0.1, -0.05) is 36.4 Å². The number of carbonyl (C=O) groups is 3. The average Bonchev–Trinajstić information content (AvgIpc) is 3.30. The van der Waals surface area contributed by atoms with Gasteiger partial charge in [0.15, 0.2) is 0 Å². The Bertz CT molecular complexity index is 979. The van der Waals surface area contributed by atoms with E-state index in [0.717, 1.165) is 17.2 Å². The average molecular weight is 346 g/mol. The zero-order chi connectivity index (χ0) is 18.0. The highest BCUT2D eigenvalue weighted by atomic mass is 16.2. The predicted octanol–water partition coefficient (Wildman–Crippen LogP) is 3.11. The largest absolute Gasteiger partial charge is 0.326 e. The SMILES string of the molecule is CC(=O)Nc1ccc(N2C(=O)[C@@H]3[C@H](C2=O)[C@@H]2C=C[C@H]3C2)c2ccccc12. The van der Waals surface area contributed by atoms with Crippen molar-refractivity contribution in [1.29, 1.82) is 0 Å². The molecule has 130 valence electrons. The van der Waals surface area contributed by atoms with Gasteiger partial charge in [0.25, 0.3) is 0 Å². The zero-order valence-electron chi connectivity index (χ0n) is 14.3. The molecule has 0 radical (unpaired) electrons. The molecule has 1 heterocycles. The Balaban J connectivity index is 1.63. The van der Waals surface area contributed by atoms with E-state index in [9.17, 15) is 14.4 Å². The third kappa shape index (κ3) is 1.94. The zero-order valence-corrected chi connectivity index (χ0v) is 14.3. The molecule has 5 heteroatoms. The summed E-state index contributed by atoms with van der Waals surface area (Å²) in [6, 6.07) is 11.1. The number of imide groups is 1. The van der Waals surface area contributed by atoms with Crippen LogP contribution < -0.4 is 10.2 Å². The summed E-state index contributed by atoms with van der Waals surface area (Å²) in [6.45, 7) is 1.46. The molecular formula is C21H18N2O3. The molecule has 3 aliphatic rings. The van der Waals surface area contributed by atoms with E-state index in [2.05, 4.69) is 17.5 Å². The Kier molecular flexibility index (Phi) is 3.11. The molecule has 2 bridgehead atoms. The van der Waals surface area contributed by atoms with Gasteiger partial charge in [0.1, 0.15) is 0 Å². The minimum Gasteiger partial charge on any atom is -0.326 e. The third-order valence-corrected chi connectivity index (χ3v) is 5.92. The van der Waals surface area contributed by atoms with Gasteiger partial charge in [0.2, 0.25) is 17.7 Å². The van der Waals surface area contributed by atoms with Crippen LogP contribution in [-0.2, 0) is 14.4 Å². The maximum Gasteiger partial charge on any atom is 0.238 e. The summed E-state index contributed by atoms with van der Waals surface area (Å²) in [5, 5.41) is 4.43. The lowest BCUT2D eigenvalue weighted by atomic mass is 9.85. The van der Waals surface area contributed by atoms with E-state index in [-0.39, 0.29) is 41.4 Å². The summed E-state index contributed by atoms with van der Waals surface area (Å²) < 4.78 is 0. The van der Waals surface area contributed by atoms with Crippen LogP contribution in [-0.4, -0.2) is 17.7 Å². The number of fused-ring (bicyclic) bond motifs is 6. The molecule has 1 saturated carbocycles. The maximum absolute atomic E-state index is 13.1. The van der Waals surface area contributed by atoms with Crippen LogP contribution in [0.3, 0.4) is 0 Å². The highest BCUT2D eigenvalue weighted by Crippen LogP contribution is 2.53. The number of amides is 3. The molecule has 2 aliphatic carbocycles. The fourth-order valence-corrected chi connectivity index (χ4v) is 4.92. The van der Waals surface area contributed by atoms with E-state index in [1.54, 1.807) is 12.1 Å². The monoisotopic (exact) mass is 346 g/mol. The minimum atomic E-state index is -0.216. The number of rotatable bonds is 2. The second-order valence-electron chi connectivity index (χ2n) is 7.37. The quantitative estimate of drug-likeness (QED) is 0.671. The van der Waals surface area contributed by atoms with Crippen molar-refractivity contribution in [2.75, 3.05) is 10.2 Å². The fraction of sp³-hybridized carbons (Fsp3) is 0.286. The van der Waals surface area contributed by atoms with Crippen molar-refractivity contribution in [3.63, 3.8) is 0 Å². The maximum atomic E-state index is 13.1. The Hall–Kier alpha value is -2.95. The van der Waals surface area contributed by atoms with Gasteiger partial charge in [0.05, 0.1) is 17.5 Å². The minimum absolute atomic E-state index is 0.0886. The van der Waals surface area contributed by atoms with E-state index >= 15 is 0 Å². The number of carbonyl (C=O) groups excluding carboxylic acids is 3. The van der Waals surface area contributed by atoms with Crippen LogP contribution in [0.5, 0.6) is 0 Å². The molecule has 26 heavy (non-hydrogen) atoms. The van der Waals surface area contributed by atoms with Crippen molar-refractivity contribution in [2.45, 2.75) is 13.3 Å². The number of hydrogen-bond donors (Lipinski definition) is 1. The summed E-state index contributed by atoms with van der Waals surface area (Å²) in [6.07, 6.45) is 5.11. The fourth-order valence-electron chi connectivity index (χ4n) is 4.92. The van der Waals surface area contributed by atoms with Crippen molar-refractivity contribution in [1.82, 2.24) is 0 Å². The van der Waals surface area contributed by atoms with Crippen LogP contribution >= 0.6 is 0 Å². The van der Waals surface area contributed by atoms with Crippen LogP contribution in [0.15, 0.2) is 48.6 Å². The first-order valence-electron chi connectivity index (χ1n) is 8.92. The molecule has 4 atom stereocenters.